The molecule has 20 heavy (non-hydrogen) atoms. The minimum absolute atomic E-state index is 0.578. The molecule has 0 bridgehead atoms. The van der Waals surface area contributed by atoms with Crippen LogP contribution in [0.25, 0.3) is 0 Å². The fourth-order valence-electron chi connectivity index (χ4n) is 1.54. The van der Waals surface area contributed by atoms with E-state index in [1.807, 2.05) is 6.20 Å². The van der Waals surface area contributed by atoms with Crippen LogP contribution in [-0.4, -0.2) is 37.6 Å². The predicted octanol–water partition coefficient (Wildman–Crippen LogP) is 1.60. The van der Waals surface area contributed by atoms with Gasteiger partial charge in [-0.25, -0.2) is 4.98 Å². The molecule has 8 heteroatoms. The molecule has 0 fully saturated rings. The molecule has 0 aliphatic rings. The molecule has 2 N–H and O–H groups in total. The highest BCUT2D eigenvalue weighted by atomic mass is 32.1. The van der Waals surface area contributed by atoms with Gasteiger partial charge in [-0.3, -0.25) is 9.48 Å². The van der Waals surface area contributed by atoms with Crippen LogP contribution in [0.5, 0.6) is 0 Å². The second-order valence-corrected chi connectivity index (χ2v) is 5.77. The van der Waals surface area contributed by atoms with E-state index >= 15 is 0 Å². The highest BCUT2D eigenvalue weighted by Crippen LogP contribution is 2.27. The van der Waals surface area contributed by atoms with Gasteiger partial charge in [0.25, 0.3) is 0 Å². The second-order valence-electron chi connectivity index (χ2n) is 4.91. The number of aromatic nitrogens is 4. The summed E-state index contributed by atoms with van der Waals surface area (Å²) in [6.45, 7) is 4.84. The SMILES string of the molecule is CC(C)(C(=O)O)c1csc(NCCCn2ccnn2)n1. The second kappa shape index (κ2) is 6.00. The third kappa shape index (κ3) is 3.32. The van der Waals surface area contributed by atoms with Crippen molar-refractivity contribution in [3.05, 3.63) is 23.5 Å². The minimum Gasteiger partial charge on any atom is -0.481 e. The van der Waals surface area contributed by atoms with Gasteiger partial charge in [0.2, 0.25) is 0 Å². The van der Waals surface area contributed by atoms with Crippen molar-refractivity contribution in [1.82, 2.24) is 20.0 Å². The summed E-state index contributed by atoms with van der Waals surface area (Å²) in [5.41, 5.74) is -0.384. The molecule has 108 valence electrons. The zero-order valence-corrected chi connectivity index (χ0v) is 12.2. The lowest BCUT2D eigenvalue weighted by Crippen LogP contribution is -2.28. The number of carboxylic acid groups (broad SMARTS) is 1. The number of nitrogens with zero attached hydrogens (tertiary/aromatic N) is 4. The normalized spacial score (nSPS) is 11.5. The third-order valence-corrected chi connectivity index (χ3v) is 3.79. The van der Waals surface area contributed by atoms with Gasteiger partial charge in [0, 0.05) is 24.7 Å². The van der Waals surface area contributed by atoms with E-state index < -0.39 is 11.4 Å². The fourth-order valence-corrected chi connectivity index (χ4v) is 2.45. The quantitative estimate of drug-likeness (QED) is 0.754. The number of hydrogen-bond donors (Lipinski definition) is 2. The molecular weight excluding hydrogens is 278 g/mol. The maximum Gasteiger partial charge on any atom is 0.315 e. The monoisotopic (exact) mass is 295 g/mol. The first kappa shape index (κ1) is 14.4. The Morgan fingerprint density at radius 2 is 2.35 bits per heavy atom. The van der Waals surface area contributed by atoms with Crippen molar-refractivity contribution in [3.63, 3.8) is 0 Å². The van der Waals surface area contributed by atoms with Crippen LogP contribution >= 0.6 is 11.3 Å². The molecule has 2 aromatic rings. The number of carboxylic acids is 1. The van der Waals surface area contributed by atoms with E-state index in [1.165, 1.54) is 11.3 Å². The molecule has 0 amide bonds. The molecular formula is C12H17N5O2S. The third-order valence-electron chi connectivity index (χ3n) is 2.99. The number of nitrogens with one attached hydrogen (secondary N) is 1. The summed E-state index contributed by atoms with van der Waals surface area (Å²) in [6.07, 6.45) is 4.35. The number of hydrogen-bond acceptors (Lipinski definition) is 6. The summed E-state index contributed by atoms with van der Waals surface area (Å²) in [5, 5.41) is 22.5. The van der Waals surface area contributed by atoms with Gasteiger partial charge in [-0.05, 0) is 20.3 Å². The Labute approximate surface area is 120 Å². The van der Waals surface area contributed by atoms with Crippen LogP contribution in [0.3, 0.4) is 0 Å². The molecule has 2 aromatic heterocycles. The highest BCUT2D eigenvalue weighted by Gasteiger charge is 2.32. The largest absolute Gasteiger partial charge is 0.481 e. The average Bonchev–Trinajstić information content (AvgIpc) is 3.06. The lowest BCUT2D eigenvalue weighted by Gasteiger charge is -2.15. The van der Waals surface area contributed by atoms with Crippen LogP contribution in [0.4, 0.5) is 5.13 Å². The number of rotatable bonds is 7. The first-order valence-corrected chi connectivity index (χ1v) is 7.15. The standard InChI is InChI=1S/C12H17N5O2S/c1-12(2,10(18)19)9-8-20-11(15-9)13-4-3-6-17-7-5-14-16-17/h5,7-8H,3-4,6H2,1-2H3,(H,13,15)(H,18,19). The van der Waals surface area contributed by atoms with Crippen LogP contribution in [0, 0.1) is 0 Å². The Balaban J connectivity index is 1.82. The topological polar surface area (TPSA) is 92.9 Å². The molecule has 0 saturated carbocycles. The molecule has 7 nitrogen and oxygen atoms in total. The van der Waals surface area contributed by atoms with E-state index in [0.717, 1.165) is 24.6 Å². The van der Waals surface area contributed by atoms with E-state index in [2.05, 4.69) is 20.6 Å². The Morgan fingerprint density at radius 3 is 3.00 bits per heavy atom. The van der Waals surface area contributed by atoms with E-state index in [9.17, 15) is 4.79 Å². The smallest absolute Gasteiger partial charge is 0.315 e. The van der Waals surface area contributed by atoms with Crippen molar-refractivity contribution in [2.75, 3.05) is 11.9 Å². The van der Waals surface area contributed by atoms with Crippen LogP contribution < -0.4 is 5.32 Å². The molecule has 0 atom stereocenters. The maximum atomic E-state index is 11.2. The summed E-state index contributed by atoms with van der Waals surface area (Å²) >= 11 is 1.42. The summed E-state index contributed by atoms with van der Waals surface area (Å²) in [6, 6.07) is 0. The van der Waals surface area contributed by atoms with Gasteiger partial charge in [0.05, 0.1) is 11.9 Å². The Bertz CT molecular complexity index is 564. The molecule has 2 rings (SSSR count). The Hall–Kier alpha value is -1.96. The van der Waals surface area contributed by atoms with Crippen LogP contribution in [-0.2, 0) is 16.8 Å². The van der Waals surface area contributed by atoms with Crippen LogP contribution in [0.2, 0.25) is 0 Å². The van der Waals surface area contributed by atoms with Crippen molar-refractivity contribution in [2.45, 2.75) is 32.2 Å². The summed E-state index contributed by atoms with van der Waals surface area (Å²) in [4.78, 5) is 15.5. The van der Waals surface area contributed by atoms with Gasteiger partial charge in [-0.15, -0.1) is 16.4 Å². The summed E-state index contributed by atoms with van der Waals surface area (Å²) in [7, 11) is 0. The summed E-state index contributed by atoms with van der Waals surface area (Å²) < 4.78 is 1.77. The first-order chi connectivity index (χ1) is 9.50. The van der Waals surface area contributed by atoms with E-state index in [1.54, 1.807) is 30.1 Å². The van der Waals surface area contributed by atoms with Gasteiger partial charge in [-0.2, -0.15) is 0 Å². The Morgan fingerprint density at radius 1 is 1.55 bits per heavy atom. The molecule has 2 heterocycles. The number of carbonyl (C=O) groups is 1. The number of anilines is 1. The zero-order chi connectivity index (χ0) is 14.6. The lowest BCUT2D eigenvalue weighted by atomic mass is 9.90. The van der Waals surface area contributed by atoms with E-state index in [4.69, 9.17) is 5.11 Å². The molecule has 0 saturated heterocycles. The molecule has 0 radical (unpaired) electrons. The highest BCUT2D eigenvalue weighted by molar-refractivity contribution is 7.13. The first-order valence-electron chi connectivity index (χ1n) is 6.27. The van der Waals surface area contributed by atoms with Crippen molar-refractivity contribution in [2.24, 2.45) is 0 Å². The van der Waals surface area contributed by atoms with Gasteiger partial charge in [-0.1, -0.05) is 5.21 Å². The van der Waals surface area contributed by atoms with Gasteiger partial charge in [0.1, 0.15) is 5.41 Å². The lowest BCUT2D eigenvalue weighted by molar-refractivity contribution is -0.142. The summed E-state index contributed by atoms with van der Waals surface area (Å²) in [5.74, 6) is -0.875. The minimum atomic E-state index is -0.961. The van der Waals surface area contributed by atoms with Crippen molar-refractivity contribution >= 4 is 22.4 Å². The van der Waals surface area contributed by atoms with E-state index in [0.29, 0.717) is 5.69 Å². The fraction of sp³-hybridized carbons (Fsp3) is 0.500. The van der Waals surface area contributed by atoms with E-state index in [-0.39, 0.29) is 0 Å². The predicted molar refractivity (Wildman–Crippen MR) is 75.9 cm³/mol. The number of aryl methyl sites for hydroxylation is 1. The average molecular weight is 295 g/mol. The molecule has 0 aromatic carbocycles. The van der Waals surface area contributed by atoms with Gasteiger partial charge in [0.15, 0.2) is 5.13 Å². The molecule has 0 spiro atoms. The zero-order valence-electron chi connectivity index (χ0n) is 11.4. The number of thiazole rings is 1. The molecule has 0 aliphatic carbocycles. The number of aliphatic carboxylic acids is 1. The Kier molecular flexibility index (Phi) is 4.33. The van der Waals surface area contributed by atoms with Gasteiger partial charge >= 0.3 is 5.97 Å². The molecule has 0 unspecified atom stereocenters. The van der Waals surface area contributed by atoms with Crippen molar-refractivity contribution in [1.29, 1.82) is 0 Å². The maximum absolute atomic E-state index is 11.2. The van der Waals surface area contributed by atoms with Crippen LogP contribution in [0.1, 0.15) is 26.0 Å². The van der Waals surface area contributed by atoms with Crippen molar-refractivity contribution in [3.8, 4) is 0 Å². The van der Waals surface area contributed by atoms with Crippen molar-refractivity contribution < 1.29 is 9.90 Å². The molecule has 0 aliphatic heterocycles. The van der Waals surface area contributed by atoms with Gasteiger partial charge < -0.3 is 10.4 Å². The van der Waals surface area contributed by atoms with Crippen LogP contribution in [0.15, 0.2) is 17.8 Å².